The molecule has 1 unspecified atom stereocenters. The first-order valence-electron chi connectivity index (χ1n) is 11.2. The molecule has 0 saturated heterocycles. The van der Waals surface area contributed by atoms with Crippen molar-refractivity contribution in [3.05, 3.63) is 94.5 Å². The maximum atomic E-state index is 12.6. The van der Waals surface area contributed by atoms with Crippen molar-refractivity contribution < 1.29 is 24.2 Å². The Labute approximate surface area is 210 Å². The minimum absolute atomic E-state index is 0.120. The van der Waals surface area contributed by atoms with Crippen LogP contribution in [0.2, 0.25) is 5.02 Å². The fraction of sp³-hybridized carbons (Fsp3) is 0.259. The third-order valence-electron chi connectivity index (χ3n) is 5.24. The van der Waals surface area contributed by atoms with E-state index in [9.17, 15) is 14.7 Å². The summed E-state index contributed by atoms with van der Waals surface area (Å²) in [5, 5.41) is 15.5. The number of aliphatic hydroxyl groups is 1. The molecule has 0 aliphatic heterocycles. The number of hydrogen-bond acceptors (Lipinski definition) is 5. The largest absolute Gasteiger partial charge is 0.456 e. The summed E-state index contributed by atoms with van der Waals surface area (Å²) in [7, 11) is 0. The maximum absolute atomic E-state index is 12.6. The third kappa shape index (κ3) is 7.73. The molecule has 0 radical (unpaired) electrons. The molecule has 0 fully saturated rings. The number of ether oxygens (including phenoxy) is 2. The highest BCUT2D eigenvalue weighted by Gasteiger charge is 2.30. The van der Waals surface area contributed by atoms with Crippen LogP contribution in [-0.2, 0) is 22.7 Å². The topological polar surface area (TPSA) is 96.9 Å². The Hall–Kier alpha value is -3.55. The minimum atomic E-state index is -1.16. The number of rotatable bonds is 9. The lowest BCUT2D eigenvalue weighted by atomic mass is 10.0. The molecule has 0 spiro atoms. The van der Waals surface area contributed by atoms with E-state index in [4.69, 9.17) is 21.1 Å². The van der Waals surface area contributed by atoms with Crippen molar-refractivity contribution in [2.75, 3.05) is 0 Å². The van der Waals surface area contributed by atoms with Gasteiger partial charge in [-0.25, -0.2) is 4.79 Å². The predicted octanol–water partition coefficient (Wildman–Crippen LogP) is 5.51. The molecule has 3 rings (SSSR count). The van der Waals surface area contributed by atoms with Crippen LogP contribution in [0.5, 0.6) is 11.5 Å². The van der Waals surface area contributed by atoms with Crippen molar-refractivity contribution in [3.63, 3.8) is 0 Å². The number of benzene rings is 3. The molecule has 0 bridgehead atoms. The Kier molecular flexibility index (Phi) is 8.73. The zero-order valence-electron chi connectivity index (χ0n) is 19.9. The van der Waals surface area contributed by atoms with Crippen LogP contribution in [0.15, 0.2) is 72.8 Å². The van der Waals surface area contributed by atoms with E-state index < -0.39 is 17.7 Å². The predicted molar refractivity (Wildman–Crippen MR) is 134 cm³/mol. The molecule has 3 N–H and O–H groups in total. The lowest BCUT2D eigenvalue weighted by molar-refractivity contribution is -0.126. The number of carbonyl (C=O) groups excluding carboxylic acids is 2. The Balaban J connectivity index is 1.48. The van der Waals surface area contributed by atoms with E-state index in [1.54, 1.807) is 51.1 Å². The van der Waals surface area contributed by atoms with Crippen LogP contribution in [0.3, 0.4) is 0 Å². The normalized spacial score (nSPS) is 11.9. The zero-order valence-corrected chi connectivity index (χ0v) is 20.6. The fourth-order valence-corrected chi connectivity index (χ4v) is 3.36. The monoisotopic (exact) mass is 496 g/mol. The van der Waals surface area contributed by atoms with Crippen molar-refractivity contribution in [2.45, 2.75) is 45.6 Å². The van der Waals surface area contributed by atoms with Gasteiger partial charge >= 0.3 is 6.09 Å². The van der Waals surface area contributed by atoms with E-state index in [1.807, 2.05) is 42.5 Å². The highest BCUT2D eigenvalue weighted by atomic mass is 35.5. The first-order valence-corrected chi connectivity index (χ1v) is 11.5. The van der Waals surface area contributed by atoms with Gasteiger partial charge in [0.2, 0.25) is 5.91 Å². The number of alkyl carbamates (subject to hydrolysis) is 1. The molecule has 8 heteroatoms. The van der Waals surface area contributed by atoms with Crippen molar-refractivity contribution in [1.82, 2.24) is 10.6 Å². The molecular weight excluding hydrogens is 468 g/mol. The summed E-state index contributed by atoms with van der Waals surface area (Å²) >= 11 is 6.25. The van der Waals surface area contributed by atoms with Crippen LogP contribution in [0.1, 0.15) is 43.6 Å². The Morgan fingerprint density at radius 2 is 1.69 bits per heavy atom. The molecule has 35 heavy (non-hydrogen) atoms. The minimum Gasteiger partial charge on any atom is -0.456 e. The number of hydrogen-bond donors (Lipinski definition) is 3. The van der Waals surface area contributed by atoms with Gasteiger partial charge in [-0.1, -0.05) is 60.1 Å². The molecule has 0 aliphatic carbocycles. The van der Waals surface area contributed by atoms with Gasteiger partial charge in [-0.05, 0) is 61.7 Å². The average molecular weight is 497 g/mol. The highest BCUT2D eigenvalue weighted by molar-refractivity contribution is 6.32. The van der Waals surface area contributed by atoms with Gasteiger partial charge < -0.3 is 25.2 Å². The zero-order chi connectivity index (χ0) is 25.4. The Bertz CT molecular complexity index is 1150. The molecule has 0 aromatic heterocycles. The van der Waals surface area contributed by atoms with E-state index in [-0.39, 0.29) is 19.1 Å². The van der Waals surface area contributed by atoms with Crippen molar-refractivity contribution in [1.29, 1.82) is 0 Å². The number of halogens is 1. The van der Waals surface area contributed by atoms with E-state index in [0.717, 1.165) is 11.1 Å². The van der Waals surface area contributed by atoms with Crippen LogP contribution >= 0.6 is 11.6 Å². The fourth-order valence-electron chi connectivity index (χ4n) is 3.14. The van der Waals surface area contributed by atoms with E-state index in [2.05, 4.69) is 10.6 Å². The summed E-state index contributed by atoms with van der Waals surface area (Å²) in [6.07, 6.45) is -1.29. The highest BCUT2D eigenvalue weighted by Crippen LogP contribution is 2.31. The summed E-state index contributed by atoms with van der Waals surface area (Å²) < 4.78 is 11.0. The van der Waals surface area contributed by atoms with Gasteiger partial charge in [0.1, 0.15) is 23.6 Å². The van der Waals surface area contributed by atoms with Gasteiger partial charge in [0.15, 0.2) is 0 Å². The quantitative estimate of drug-likeness (QED) is 0.363. The molecular formula is C27H29ClN2O5. The first kappa shape index (κ1) is 26.1. The number of aliphatic hydroxyl groups excluding tert-OH is 1. The third-order valence-corrected chi connectivity index (χ3v) is 5.53. The summed E-state index contributed by atoms with van der Waals surface area (Å²) in [6.45, 7) is 5.27. The van der Waals surface area contributed by atoms with Crippen LogP contribution < -0.4 is 15.4 Å². The van der Waals surface area contributed by atoms with Gasteiger partial charge in [0.25, 0.3) is 0 Å². The van der Waals surface area contributed by atoms with Gasteiger partial charge in [-0.15, -0.1) is 0 Å². The Morgan fingerprint density at radius 3 is 2.31 bits per heavy atom. The lowest BCUT2D eigenvalue weighted by Crippen LogP contribution is -2.54. The van der Waals surface area contributed by atoms with Crippen LogP contribution in [0.4, 0.5) is 4.79 Å². The molecule has 0 aliphatic rings. The van der Waals surface area contributed by atoms with Crippen LogP contribution in [0.25, 0.3) is 0 Å². The average Bonchev–Trinajstić information content (AvgIpc) is 2.83. The van der Waals surface area contributed by atoms with E-state index in [1.165, 1.54) is 0 Å². The van der Waals surface area contributed by atoms with Crippen molar-refractivity contribution in [2.24, 2.45) is 0 Å². The lowest BCUT2D eigenvalue weighted by Gasteiger charge is -2.24. The smallest absolute Gasteiger partial charge is 0.408 e. The second-order valence-corrected chi connectivity index (χ2v) is 9.01. The van der Waals surface area contributed by atoms with Gasteiger partial charge in [-0.3, -0.25) is 4.79 Å². The molecule has 0 saturated carbocycles. The van der Waals surface area contributed by atoms with E-state index in [0.29, 0.717) is 22.1 Å². The second kappa shape index (κ2) is 11.7. The molecule has 184 valence electrons. The first-order chi connectivity index (χ1) is 16.6. The summed E-state index contributed by atoms with van der Waals surface area (Å²) in [4.78, 5) is 24.8. The maximum Gasteiger partial charge on any atom is 0.408 e. The molecule has 2 amide bonds. The molecule has 1 atom stereocenters. The Morgan fingerprint density at radius 1 is 1.00 bits per heavy atom. The molecule has 3 aromatic carbocycles. The summed E-state index contributed by atoms with van der Waals surface area (Å²) in [5.41, 5.74) is 1.25. The van der Waals surface area contributed by atoms with Crippen molar-refractivity contribution >= 4 is 23.6 Å². The number of amides is 2. The molecule has 0 heterocycles. The summed E-state index contributed by atoms with van der Waals surface area (Å²) in [5.74, 6) is 0.707. The standard InChI is InChI=1S/C27H29ClN2O5/c1-18(31)21-11-14-24(23(28)15-21)35-22-12-9-19(10-13-22)16-29-25(32)27(2,3)30-26(33)34-17-20-7-5-4-6-8-20/h4-15,18,31H,16-17H2,1-3H3,(H,29,32)(H,30,33). The molecule has 3 aromatic rings. The second-order valence-electron chi connectivity index (χ2n) is 8.61. The SMILES string of the molecule is CC(O)c1ccc(Oc2ccc(CNC(=O)C(C)(C)NC(=O)OCc3ccccc3)cc2)c(Cl)c1. The number of nitrogens with one attached hydrogen (secondary N) is 2. The number of carbonyl (C=O) groups is 2. The van der Waals surface area contributed by atoms with Crippen LogP contribution in [0, 0.1) is 0 Å². The van der Waals surface area contributed by atoms with Gasteiger partial charge in [0, 0.05) is 6.54 Å². The molecule has 7 nitrogen and oxygen atoms in total. The van der Waals surface area contributed by atoms with Crippen molar-refractivity contribution in [3.8, 4) is 11.5 Å². The van der Waals surface area contributed by atoms with Gasteiger partial charge in [0.05, 0.1) is 11.1 Å². The van der Waals surface area contributed by atoms with E-state index >= 15 is 0 Å². The summed E-state index contributed by atoms with van der Waals surface area (Å²) in [6, 6.07) is 21.6. The van der Waals surface area contributed by atoms with Crippen LogP contribution in [-0.4, -0.2) is 22.6 Å². The van der Waals surface area contributed by atoms with Gasteiger partial charge in [-0.2, -0.15) is 0 Å².